The third-order valence-electron chi connectivity index (χ3n) is 3.41. The van der Waals surface area contributed by atoms with Gasteiger partial charge in [0.05, 0.1) is 10.4 Å². The van der Waals surface area contributed by atoms with E-state index in [9.17, 15) is 8.42 Å². The molecule has 4 nitrogen and oxygen atoms in total. The SMILES string of the molecule is Cc1nc(SCc2ccc(S(C)(=O)=O)cc2)c2ccccc2n1. The van der Waals surface area contributed by atoms with Crippen molar-refractivity contribution in [1.82, 2.24) is 9.97 Å². The summed E-state index contributed by atoms with van der Waals surface area (Å²) in [7, 11) is -3.15. The van der Waals surface area contributed by atoms with Crippen LogP contribution in [-0.2, 0) is 15.6 Å². The molecule has 2 aromatic carbocycles. The monoisotopic (exact) mass is 344 g/mol. The molecule has 0 aliphatic rings. The lowest BCUT2D eigenvalue weighted by Crippen LogP contribution is -1.97. The van der Waals surface area contributed by atoms with Crippen molar-refractivity contribution >= 4 is 32.5 Å². The zero-order valence-corrected chi connectivity index (χ0v) is 14.5. The van der Waals surface area contributed by atoms with Gasteiger partial charge in [-0.2, -0.15) is 0 Å². The normalized spacial score (nSPS) is 11.7. The largest absolute Gasteiger partial charge is 0.233 e. The van der Waals surface area contributed by atoms with E-state index < -0.39 is 9.84 Å². The lowest BCUT2D eigenvalue weighted by Gasteiger charge is -2.07. The maximum absolute atomic E-state index is 11.5. The van der Waals surface area contributed by atoms with E-state index in [2.05, 4.69) is 9.97 Å². The maximum Gasteiger partial charge on any atom is 0.175 e. The Hall–Kier alpha value is -1.92. The number of hydrogen-bond acceptors (Lipinski definition) is 5. The van der Waals surface area contributed by atoms with Crippen LogP contribution in [0.5, 0.6) is 0 Å². The van der Waals surface area contributed by atoms with Gasteiger partial charge in [-0.1, -0.05) is 30.3 Å². The van der Waals surface area contributed by atoms with Gasteiger partial charge in [0.1, 0.15) is 10.9 Å². The van der Waals surface area contributed by atoms with Crippen molar-refractivity contribution < 1.29 is 8.42 Å². The van der Waals surface area contributed by atoms with Crippen LogP contribution in [0.2, 0.25) is 0 Å². The zero-order chi connectivity index (χ0) is 16.4. The molecule has 3 aromatic rings. The molecule has 0 spiro atoms. The first-order valence-electron chi connectivity index (χ1n) is 7.09. The van der Waals surface area contributed by atoms with Crippen LogP contribution in [0.15, 0.2) is 58.5 Å². The summed E-state index contributed by atoms with van der Waals surface area (Å²) in [6.45, 7) is 1.89. The minimum absolute atomic E-state index is 0.342. The minimum atomic E-state index is -3.15. The molecular formula is C17H16N2O2S2. The lowest BCUT2D eigenvalue weighted by molar-refractivity contribution is 0.602. The van der Waals surface area contributed by atoms with Crippen molar-refractivity contribution in [2.75, 3.05) is 6.26 Å². The van der Waals surface area contributed by atoms with Crippen molar-refractivity contribution in [1.29, 1.82) is 0 Å². The van der Waals surface area contributed by atoms with E-state index in [1.54, 1.807) is 23.9 Å². The number of rotatable bonds is 4. The second-order valence-corrected chi connectivity index (χ2v) is 8.28. The third kappa shape index (κ3) is 3.71. The van der Waals surface area contributed by atoms with Gasteiger partial charge in [-0.05, 0) is 30.7 Å². The van der Waals surface area contributed by atoms with E-state index in [4.69, 9.17) is 0 Å². The van der Waals surface area contributed by atoms with Crippen LogP contribution < -0.4 is 0 Å². The number of para-hydroxylation sites is 1. The van der Waals surface area contributed by atoms with E-state index >= 15 is 0 Å². The van der Waals surface area contributed by atoms with Gasteiger partial charge in [0, 0.05) is 17.4 Å². The van der Waals surface area contributed by atoms with Crippen LogP contribution >= 0.6 is 11.8 Å². The summed E-state index contributed by atoms with van der Waals surface area (Å²) in [4.78, 5) is 9.31. The Balaban J connectivity index is 1.84. The Morgan fingerprint density at radius 1 is 1.00 bits per heavy atom. The van der Waals surface area contributed by atoms with Gasteiger partial charge in [0.15, 0.2) is 9.84 Å². The van der Waals surface area contributed by atoms with Crippen LogP contribution in [0.4, 0.5) is 0 Å². The first-order valence-corrected chi connectivity index (χ1v) is 9.96. The van der Waals surface area contributed by atoms with Crippen molar-refractivity contribution in [2.24, 2.45) is 0 Å². The molecule has 0 N–H and O–H groups in total. The Bertz CT molecular complexity index is 952. The first-order chi connectivity index (χ1) is 10.9. The quantitative estimate of drug-likeness (QED) is 0.534. The van der Waals surface area contributed by atoms with Crippen LogP contribution in [-0.4, -0.2) is 24.6 Å². The van der Waals surface area contributed by atoms with Crippen LogP contribution in [0.1, 0.15) is 11.4 Å². The van der Waals surface area contributed by atoms with Crippen molar-refractivity contribution in [3.8, 4) is 0 Å². The Labute approximate surface area is 139 Å². The molecular weight excluding hydrogens is 328 g/mol. The molecule has 0 amide bonds. The molecule has 0 saturated heterocycles. The molecule has 0 fully saturated rings. The van der Waals surface area contributed by atoms with Gasteiger partial charge in [0.2, 0.25) is 0 Å². The van der Waals surface area contributed by atoms with E-state index in [-0.39, 0.29) is 0 Å². The molecule has 0 aliphatic carbocycles. The Kier molecular flexibility index (Phi) is 4.37. The van der Waals surface area contributed by atoms with Gasteiger partial charge < -0.3 is 0 Å². The smallest absolute Gasteiger partial charge is 0.175 e. The second-order valence-electron chi connectivity index (χ2n) is 5.30. The van der Waals surface area contributed by atoms with Gasteiger partial charge in [0.25, 0.3) is 0 Å². The maximum atomic E-state index is 11.5. The van der Waals surface area contributed by atoms with Gasteiger partial charge in [-0.25, -0.2) is 18.4 Å². The zero-order valence-electron chi connectivity index (χ0n) is 12.9. The van der Waals surface area contributed by atoms with E-state index in [1.807, 2.05) is 43.3 Å². The average molecular weight is 344 g/mol. The molecule has 6 heteroatoms. The summed E-state index contributed by atoms with van der Waals surface area (Å²) in [6, 6.07) is 14.9. The number of hydrogen-bond donors (Lipinski definition) is 0. The van der Waals surface area contributed by atoms with Crippen LogP contribution in [0.3, 0.4) is 0 Å². The second kappa shape index (κ2) is 6.29. The lowest BCUT2D eigenvalue weighted by atomic mass is 10.2. The molecule has 0 saturated carbocycles. The van der Waals surface area contributed by atoms with E-state index in [0.29, 0.717) is 4.90 Å². The van der Waals surface area contributed by atoms with E-state index in [0.717, 1.165) is 33.1 Å². The fourth-order valence-electron chi connectivity index (χ4n) is 2.25. The fraction of sp³-hybridized carbons (Fsp3) is 0.176. The van der Waals surface area contributed by atoms with E-state index in [1.165, 1.54) is 6.26 Å². The summed E-state index contributed by atoms with van der Waals surface area (Å²) in [6.07, 6.45) is 1.21. The van der Waals surface area contributed by atoms with Crippen LogP contribution in [0.25, 0.3) is 10.9 Å². The molecule has 0 radical (unpaired) electrons. The number of aromatic nitrogens is 2. The van der Waals surface area contributed by atoms with Crippen molar-refractivity contribution in [2.45, 2.75) is 22.6 Å². The highest BCUT2D eigenvalue weighted by Crippen LogP contribution is 2.28. The molecule has 23 heavy (non-hydrogen) atoms. The fourth-order valence-corrected chi connectivity index (χ4v) is 3.90. The number of aryl methyl sites for hydroxylation is 1. The molecule has 0 bridgehead atoms. The summed E-state index contributed by atoms with van der Waals surface area (Å²) in [5, 5.41) is 1.98. The highest BCUT2D eigenvalue weighted by molar-refractivity contribution is 7.98. The minimum Gasteiger partial charge on any atom is -0.233 e. The van der Waals surface area contributed by atoms with Crippen molar-refractivity contribution in [3.05, 3.63) is 59.9 Å². The highest BCUT2D eigenvalue weighted by atomic mass is 32.2. The summed E-state index contributed by atoms with van der Waals surface area (Å²) in [5.74, 6) is 1.48. The molecule has 0 unspecified atom stereocenters. The summed E-state index contributed by atoms with van der Waals surface area (Å²) < 4.78 is 23.0. The summed E-state index contributed by atoms with van der Waals surface area (Å²) >= 11 is 1.63. The summed E-state index contributed by atoms with van der Waals surface area (Å²) in [5.41, 5.74) is 2.00. The van der Waals surface area contributed by atoms with Gasteiger partial charge in [-0.3, -0.25) is 0 Å². The topological polar surface area (TPSA) is 59.9 Å². The van der Waals surface area contributed by atoms with Gasteiger partial charge in [-0.15, -0.1) is 11.8 Å². The standard InChI is InChI=1S/C17H16N2O2S2/c1-12-18-16-6-4-3-5-15(16)17(19-12)22-11-13-7-9-14(10-8-13)23(2,20)21/h3-10H,11H2,1-2H3. The Morgan fingerprint density at radius 3 is 2.39 bits per heavy atom. The first kappa shape index (κ1) is 16.0. The highest BCUT2D eigenvalue weighted by Gasteiger charge is 2.08. The molecule has 1 heterocycles. The van der Waals surface area contributed by atoms with Gasteiger partial charge >= 0.3 is 0 Å². The molecule has 1 aromatic heterocycles. The predicted molar refractivity (Wildman–Crippen MR) is 93.4 cm³/mol. The molecule has 0 aliphatic heterocycles. The Morgan fingerprint density at radius 2 is 1.70 bits per heavy atom. The molecule has 118 valence electrons. The molecule has 3 rings (SSSR count). The van der Waals surface area contributed by atoms with Crippen LogP contribution in [0, 0.1) is 6.92 Å². The number of thioether (sulfide) groups is 1. The average Bonchev–Trinajstić information content (AvgIpc) is 2.52. The predicted octanol–water partition coefficient (Wildman–Crippen LogP) is 3.63. The number of benzene rings is 2. The number of sulfone groups is 1. The number of fused-ring (bicyclic) bond motifs is 1. The molecule has 0 atom stereocenters. The third-order valence-corrected chi connectivity index (χ3v) is 5.60. The van der Waals surface area contributed by atoms with Crippen molar-refractivity contribution in [3.63, 3.8) is 0 Å². The number of nitrogens with zero attached hydrogens (tertiary/aromatic N) is 2.